The number of hydrogen-bond donors (Lipinski definition) is 4. The van der Waals surface area contributed by atoms with Crippen molar-refractivity contribution in [2.24, 2.45) is 5.92 Å². The van der Waals surface area contributed by atoms with Gasteiger partial charge >= 0.3 is 6.03 Å². The quantitative estimate of drug-likeness (QED) is 0.427. The summed E-state index contributed by atoms with van der Waals surface area (Å²) in [6.07, 6.45) is 2.36. The van der Waals surface area contributed by atoms with Crippen molar-refractivity contribution in [1.82, 2.24) is 10.2 Å². The minimum absolute atomic E-state index is 0.00979. The summed E-state index contributed by atoms with van der Waals surface area (Å²) < 4.78 is 25.6. The van der Waals surface area contributed by atoms with Gasteiger partial charge in [0.15, 0.2) is 0 Å². The number of urea groups is 1. The Labute approximate surface area is 230 Å². The largest absolute Gasteiger partial charge is 0.490 e. The number of halogens is 1. The molecular formula is C29H41FN4O5. The number of carbonyl (C=O) groups is 2. The molecule has 3 amide bonds. The number of ether oxygens (including phenoxy) is 2. The lowest BCUT2D eigenvalue weighted by Gasteiger charge is -2.34. The van der Waals surface area contributed by atoms with Crippen LogP contribution in [0.5, 0.6) is 5.75 Å². The van der Waals surface area contributed by atoms with Gasteiger partial charge in [0.25, 0.3) is 5.91 Å². The molecule has 3 rings (SSSR count). The summed E-state index contributed by atoms with van der Waals surface area (Å²) in [6, 6.07) is 9.37. The SMILES string of the molecule is CNC[C@@H]1OCCCC[C@@H](C)Oc2ccc(NC(=O)Nc3ccc(F)cc3)cc2C(=O)N([C@H](C)CO)C[C@@H]1C. The van der Waals surface area contributed by atoms with Crippen molar-refractivity contribution in [3.8, 4) is 5.75 Å². The molecule has 4 N–H and O–H groups in total. The molecule has 0 saturated heterocycles. The van der Waals surface area contributed by atoms with Crippen molar-refractivity contribution in [1.29, 1.82) is 0 Å². The van der Waals surface area contributed by atoms with Gasteiger partial charge < -0.3 is 35.4 Å². The minimum atomic E-state index is -0.537. The molecule has 0 aromatic heterocycles. The van der Waals surface area contributed by atoms with Crippen LogP contribution in [0.15, 0.2) is 42.5 Å². The average molecular weight is 545 g/mol. The van der Waals surface area contributed by atoms with E-state index in [1.807, 2.05) is 20.9 Å². The molecule has 0 spiro atoms. The van der Waals surface area contributed by atoms with Crippen LogP contribution in [-0.2, 0) is 4.74 Å². The Morgan fingerprint density at radius 2 is 1.82 bits per heavy atom. The summed E-state index contributed by atoms with van der Waals surface area (Å²) in [5.41, 5.74) is 1.10. The van der Waals surface area contributed by atoms with Gasteiger partial charge in [0, 0.05) is 37.0 Å². The zero-order valence-electron chi connectivity index (χ0n) is 23.2. The molecule has 0 saturated carbocycles. The molecule has 10 heteroatoms. The van der Waals surface area contributed by atoms with Crippen molar-refractivity contribution >= 4 is 23.3 Å². The van der Waals surface area contributed by atoms with Gasteiger partial charge in [-0.3, -0.25) is 4.79 Å². The summed E-state index contributed by atoms with van der Waals surface area (Å²) in [6.45, 7) is 7.22. The highest BCUT2D eigenvalue weighted by Crippen LogP contribution is 2.28. The smallest absolute Gasteiger partial charge is 0.323 e. The molecule has 2 aromatic rings. The Morgan fingerprint density at radius 3 is 2.51 bits per heavy atom. The standard InChI is InChI=1S/C29H41FN4O5/c1-19-17-34(20(2)18-35)28(36)25-15-24(33-29(37)32-23-10-8-22(30)9-11-23)12-13-26(25)39-21(3)7-5-6-14-38-27(19)16-31-4/h8-13,15,19-21,27,31,35H,5-7,14,16-18H2,1-4H3,(H2,32,33,37)/t19-,20+,21+,27-/m0/s1. The Balaban J connectivity index is 1.92. The van der Waals surface area contributed by atoms with Crippen molar-refractivity contribution in [2.45, 2.75) is 58.3 Å². The molecule has 1 heterocycles. The summed E-state index contributed by atoms with van der Waals surface area (Å²) in [5.74, 6) is -0.308. The number of fused-ring (bicyclic) bond motifs is 1. The van der Waals surface area contributed by atoms with Gasteiger partial charge in [-0.05, 0) is 82.6 Å². The molecule has 0 bridgehead atoms. The molecular weight excluding hydrogens is 503 g/mol. The van der Waals surface area contributed by atoms with Crippen LogP contribution in [0.1, 0.15) is 50.4 Å². The fourth-order valence-corrected chi connectivity index (χ4v) is 4.52. The highest BCUT2D eigenvalue weighted by Gasteiger charge is 2.29. The Bertz CT molecular complexity index is 1080. The second kappa shape index (κ2) is 14.8. The highest BCUT2D eigenvalue weighted by atomic mass is 19.1. The second-order valence-corrected chi connectivity index (χ2v) is 10.2. The lowest BCUT2D eigenvalue weighted by atomic mass is 10.0. The van der Waals surface area contributed by atoms with Gasteiger partial charge in [-0.2, -0.15) is 0 Å². The molecule has 9 nitrogen and oxygen atoms in total. The van der Waals surface area contributed by atoms with Gasteiger partial charge in [0.2, 0.25) is 0 Å². The molecule has 2 aromatic carbocycles. The van der Waals surface area contributed by atoms with Gasteiger partial charge in [-0.1, -0.05) is 6.92 Å². The number of anilines is 2. The predicted molar refractivity (Wildman–Crippen MR) is 150 cm³/mol. The number of aliphatic hydroxyl groups excluding tert-OH is 1. The van der Waals surface area contributed by atoms with E-state index < -0.39 is 17.9 Å². The Morgan fingerprint density at radius 1 is 1.13 bits per heavy atom. The van der Waals surface area contributed by atoms with Crippen molar-refractivity contribution in [2.75, 3.05) is 44.0 Å². The van der Waals surface area contributed by atoms with E-state index in [1.165, 1.54) is 24.3 Å². The fourth-order valence-electron chi connectivity index (χ4n) is 4.52. The van der Waals surface area contributed by atoms with Crippen LogP contribution in [0.2, 0.25) is 0 Å². The molecule has 39 heavy (non-hydrogen) atoms. The number of benzene rings is 2. The lowest BCUT2D eigenvalue weighted by molar-refractivity contribution is -0.000451. The summed E-state index contributed by atoms with van der Waals surface area (Å²) in [7, 11) is 1.87. The first-order valence-electron chi connectivity index (χ1n) is 13.5. The molecule has 0 unspecified atom stereocenters. The third-order valence-corrected chi connectivity index (χ3v) is 6.82. The van der Waals surface area contributed by atoms with Crippen molar-refractivity contribution in [3.63, 3.8) is 0 Å². The lowest BCUT2D eigenvalue weighted by Crippen LogP contribution is -2.47. The van der Waals surface area contributed by atoms with E-state index in [1.54, 1.807) is 30.0 Å². The van der Waals surface area contributed by atoms with Crippen molar-refractivity contribution < 1.29 is 28.6 Å². The maximum atomic E-state index is 14.0. The fraction of sp³-hybridized carbons (Fsp3) is 0.517. The van der Waals surface area contributed by atoms with Gasteiger partial charge in [-0.15, -0.1) is 0 Å². The molecule has 4 atom stereocenters. The van der Waals surface area contributed by atoms with Crippen LogP contribution in [-0.4, -0.2) is 73.5 Å². The maximum absolute atomic E-state index is 14.0. The van der Waals surface area contributed by atoms with Crippen LogP contribution in [0.4, 0.5) is 20.6 Å². The van der Waals surface area contributed by atoms with E-state index in [0.29, 0.717) is 36.8 Å². The third-order valence-electron chi connectivity index (χ3n) is 6.82. The molecule has 1 aliphatic heterocycles. The number of likely N-dealkylation sites (N-methyl/N-ethyl adjacent to an activating group) is 1. The molecule has 0 radical (unpaired) electrons. The Hall–Kier alpha value is -3.21. The van der Waals surface area contributed by atoms with Gasteiger partial charge in [0.1, 0.15) is 11.6 Å². The van der Waals surface area contributed by atoms with Crippen molar-refractivity contribution in [3.05, 3.63) is 53.8 Å². The first kappa shape index (κ1) is 30.3. The van der Waals surface area contributed by atoms with E-state index in [-0.39, 0.29) is 36.2 Å². The zero-order valence-corrected chi connectivity index (χ0v) is 23.2. The van der Waals surface area contributed by atoms with E-state index in [0.717, 1.165) is 19.3 Å². The minimum Gasteiger partial charge on any atom is -0.490 e. The van der Waals surface area contributed by atoms with Crippen LogP contribution in [0.25, 0.3) is 0 Å². The van der Waals surface area contributed by atoms with Crippen LogP contribution < -0.4 is 20.7 Å². The molecule has 1 aliphatic rings. The van der Waals surface area contributed by atoms with Crippen LogP contribution in [0.3, 0.4) is 0 Å². The van der Waals surface area contributed by atoms with Gasteiger partial charge in [-0.25, -0.2) is 9.18 Å². The monoisotopic (exact) mass is 544 g/mol. The average Bonchev–Trinajstić information content (AvgIpc) is 2.91. The van der Waals surface area contributed by atoms with Crippen LogP contribution >= 0.6 is 0 Å². The predicted octanol–water partition coefficient (Wildman–Crippen LogP) is 4.48. The number of rotatable bonds is 6. The summed E-state index contributed by atoms with van der Waals surface area (Å²) in [4.78, 5) is 28.2. The normalized spacial score (nSPS) is 21.7. The van der Waals surface area contributed by atoms with Gasteiger partial charge in [0.05, 0.1) is 30.4 Å². The van der Waals surface area contributed by atoms with E-state index in [2.05, 4.69) is 16.0 Å². The van der Waals surface area contributed by atoms with E-state index in [4.69, 9.17) is 9.47 Å². The molecule has 214 valence electrons. The number of amides is 3. The van der Waals surface area contributed by atoms with Crippen LogP contribution in [0, 0.1) is 11.7 Å². The Kier molecular flexibility index (Phi) is 11.5. The van der Waals surface area contributed by atoms with E-state index >= 15 is 0 Å². The number of nitrogens with one attached hydrogen (secondary N) is 3. The maximum Gasteiger partial charge on any atom is 0.323 e. The topological polar surface area (TPSA) is 112 Å². The highest BCUT2D eigenvalue weighted by molar-refractivity contribution is 6.02. The first-order chi connectivity index (χ1) is 18.7. The zero-order chi connectivity index (χ0) is 28.4. The number of aliphatic hydroxyl groups is 1. The number of carbonyl (C=O) groups excluding carboxylic acids is 2. The number of nitrogens with zero attached hydrogens (tertiary/aromatic N) is 1. The third kappa shape index (κ3) is 8.91. The molecule has 0 fully saturated rings. The summed E-state index contributed by atoms with van der Waals surface area (Å²) >= 11 is 0. The number of hydrogen-bond acceptors (Lipinski definition) is 6. The first-order valence-corrected chi connectivity index (χ1v) is 13.5. The second-order valence-electron chi connectivity index (χ2n) is 10.2. The molecule has 0 aliphatic carbocycles. The summed E-state index contributed by atoms with van der Waals surface area (Å²) in [5, 5.41) is 18.6. The van der Waals surface area contributed by atoms with E-state index in [9.17, 15) is 19.1 Å².